The molecule has 0 saturated heterocycles. The summed E-state index contributed by atoms with van der Waals surface area (Å²) in [7, 11) is 0. The summed E-state index contributed by atoms with van der Waals surface area (Å²) in [4.78, 5) is 21.9. The SMILES string of the molecule is CCCOC(=O)[C@H](C[SeH])NC(C)=O. The molecule has 4 nitrogen and oxygen atoms in total. The molecule has 5 heteroatoms. The van der Waals surface area contributed by atoms with Gasteiger partial charge >= 0.3 is 85.8 Å². The van der Waals surface area contributed by atoms with Crippen LogP contribution in [0.4, 0.5) is 0 Å². The molecule has 76 valence electrons. The van der Waals surface area contributed by atoms with Crippen molar-refractivity contribution in [3.63, 3.8) is 0 Å². The van der Waals surface area contributed by atoms with Crippen LogP contribution in [-0.4, -0.2) is 40.5 Å². The molecule has 1 atom stereocenters. The average molecular weight is 252 g/mol. The van der Waals surface area contributed by atoms with Crippen LogP contribution < -0.4 is 5.32 Å². The second-order valence-corrected chi connectivity index (χ2v) is 3.37. The second-order valence-electron chi connectivity index (χ2n) is 2.60. The molecule has 0 aromatic carbocycles. The molecule has 0 rings (SSSR count). The maximum absolute atomic E-state index is 11.2. The molecule has 0 unspecified atom stereocenters. The first-order chi connectivity index (χ1) is 6.11. The van der Waals surface area contributed by atoms with Gasteiger partial charge in [0.2, 0.25) is 0 Å². The van der Waals surface area contributed by atoms with E-state index in [1.165, 1.54) is 6.92 Å². The van der Waals surface area contributed by atoms with Gasteiger partial charge in [0, 0.05) is 0 Å². The van der Waals surface area contributed by atoms with E-state index in [9.17, 15) is 9.59 Å². The van der Waals surface area contributed by atoms with Crippen molar-refractivity contribution in [1.82, 2.24) is 5.32 Å². The summed E-state index contributed by atoms with van der Waals surface area (Å²) in [6.45, 7) is 3.70. The minimum atomic E-state index is -0.524. The van der Waals surface area contributed by atoms with Crippen LogP contribution in [0.5, 0.6) is 0 Å². The van der Waals surface area contributed by atoms with Crippen molar-refractivity contribution in [2.45, 2.75) is 31.6 Å². The van der Waals surface area contributed by atoms with Crippen molar-refractivity contribution in [2.24, 2.45) is 0 Å². The number of hydrogen-bond acceptors (Lipinski definition) is 3. The van der Waals surface area contributed by atoms with Gasteiger partial charge in [0.25, 0.3) is 0 Å². The summed E-state index contributed by atoms with van der Waals surface area (Å²) in [5, 5.41) is 3.00. The fraction of sp³-hybridized carbons (Fsp3) is 0.750. The number of amides is 1. The minimum absolute atomic E-state index is 0.218. The summed E-state index contributed by atoms with van der Waals surface area (Å²) in [6, 6.07) is -0.524. The summed E-state index contributed by atoms with van der Waals surface area (Å²) in [6.07, 6.45) is 0.789. The molecule has 0 aliphatic carbocycles. The van der Waals surface area contributed by atoms with Gasteiger partial charge in [0.05, 0.1) is 0 Å². The number of esters is 1. The van der Waals surface area contributed by atoms with E-state index in [4.69, 9.17) is 4.74 Å². The van der Waals surface area contributed by atoms with Crippen LogP contribution in [0.25, 0.3) is 0 Å². The number of carbonyl (C=O) groups is 2. The number of carbonyl (C=O) groups excluding carboxylic acids is 2. The molecule has 0 radical (unpaired) electrons. The van der Waals surface area contributed by atoms with Crippen molar-refractivity contribution in [2.75, 3.05) is 6.61 Å². The molecular formula is C8H15NO3Se. The third kappa shape index (κ3) is 5.66. The van der Waals surface area contributed by atoms with Crippen LogP contribution in [0, 0.1) is 0 Å². The Bertz CT molecular complexity index is 184. The normalized spacial score (nSPS) is 11.9. The standard InChI is InChI=1S/C8H15NO3Se/c1-3-4-12-8(11)7(5-13)9-6(2)10/h7,13H,3-5H2,1-2H3,(H,9,10)/t7-/m0/s1. The fourth-order valence-corrected chi connectivity index (χ4v) is 1.23. The van der Waals surface area contributed by atoms with E-state index in [1.807, 2.05) is 6.92 Å². The van der Waals surface area contributed by atoms with E-state index in [2.05, 4.69) is 21.3 Å². The van der Waals surface area contributed by atoms with E-state index in [-0.39, 0.29) is 11.9 Å². The van der Waals surface area contributed by atoms with E-state index in [1.54, 1.807) is 0 Å². The zero-order valence-electron chi connectivity index (χ0n) is 7.87. The Morgan fingerprint density at radius 3 is 2.54 bits per heavy atom. The van der Waals surface area contributed by atoms with Gasteiger partial charge in [-0.2, -0.15) is 0 Å². The fourth-order valence-electron chi connectivity index (χ4n) is 0.728. The Balaban J connectivity index is 3.92. The third-order valence-electron chi connectivity index (χ3n) is 1.29. The molecule has 0 bridgehead atoms. The number of hydrogen-bond donors (Lipinski definition) is 1. The molecule has 0 aromatic heterocycles. The van der Waals surface area contributed by atoms with Crippen molar-refractivity contribution >= 4 is 27.9 Å². The van der Waals surface area contributed by atoms with Crippen molar-refractivity contribution in [1.29, 1.82) is 0 Å². The summed E-state index contributed by atoms with van der Waals surface area (Å²) < 4.78 is 4.88. The predicted octanol–water partition coefficient (Wildman–Crippen LogP) is -0.237. The van der Waals surface area contributed by atoms with Crippen LogP contribution >= 0.6 is 0 Å². The maximum atomic E-state index is 11.2. The zero-order chi connectivity index (χ0) is 10.3. The van der Waals surface area contributed by atoms with Gasteiger partial charge in [-0.05, 0) is 0 Å². The van der Waals surface area contributed by atoms with Crippen LogP contribution in [0.3, 0.4) is 0 Å². The topological polar surface area (TPSA) is 55.4 Å². The molecule has 1 N–H and O–H groups in total. The summed E-state index contributed by atoms with van der Waals surface area (Å²) in [5.74, 6) is -0.581. The van der Waals surface area contributed by atoms with E-state index in [0.717, 1.165) is 6.42 Å². The Morgan fingerprint density at radius 2 is 2.15 bits per heavy atom. The molecule has 0 fully saturated rings. The Hall–Kier alpha value is -0.541. The van der Waals surface area contributed by atoms with Gasteiger partial charge in [-0.1, -0.05) is 0 Å². The summed E-state index contributed by atoms with van der Waals surface area (Å²) in [5.41, 5.74) is 0. The molecular weight excluding hydrogens is 237 g/mol. The second kappa shape index (κ2) is 6.92. The zero-order valence-corrected chi connectivity index (χ0v) is 9.75. The van der Waals surface area contributed by atoms with Crippen LogP contribution in [0.1, 0.15) is 20.3 Å². The molecule has 0 saturated carbocycles. The van der Waals surface area contributed by atoms with Gasteiger partial charge in [-0.3, -0.25) is 0 Å². The molecule has 0 aromatic rings. The quantitative estimate of drug-likeness (QED) is 0.543. The molecule has 0 spiro atoms. The van der Waals surface area contributed by atoms with E-state index in [0.29, 0.717) is 11.9 Å². The first kappa shape index (κ1) is 12.5. The average Bonchev–Trinajstić information content (AvgIpc) is 2.09. The molecule has 13 heavy (non-hydrogen) atoms. The van der Waals surface area contributed by atoms with Gasteiger partial charge < -0.3 is 0 Å². The van der Waals surface area contributed by atoms with Gasteiger partial charge in [-0.15, -0.1) is 0 Å². The van der Waals surface area contributed by atoms with E-state index < -0.39 is 6.04 Å². The monoisotopic (exact) mass is 253 g/mol. The van der Waals surface area contributed by atoms with Crippen LogP contribution in [0.2, 0.25) is 5.32 Å². The van der Waals surface area contributed by atoms with Gasteiger partial charge in [0.15, 0.2) is 0 Å². The third-order valence-corrected chi connectivity index (χ3v) is 2.06. The molecule has 0 aliphatic rings. The van der Waals surface area contributed by atoms with Crippen LogP contribution in [0.15, 0.2) is 0 Å². The van der Waals surface area contributed by atoms with E-state index >= 15 is 0 Å². The van der Waals surface area contributed by atoms with Crippen molar-refractivity contribution < 1.29 is 14.3 Å². The Morgan fingerprint density at radius 1 is 1.54 bits per heavy atom. The Labute approximate surface area is 86.2 Å². The molecule has 1 amide bonds. The first-order valence-corrected chi connectivity index (χ1v) is 5.49. The van der Waals surface area contributed by atoms with Crippen molar-refractivity contribution in [3.05, 3.63) is 0 Å². The number of rotatable bonds is 5. The summed E-state index contributed by atoms with van der Waals surface area (Å²) >= 11 is 2.26. The number of ether oxygens (including phenoxy) is 1. The van der Waals surface area contributed by atoms with Gasteiger partial charge in [0.1, 0.15) is 0 Å². The van der Waals surface area contributed by atoms with Crippen molar-refractivity contribution in [3.8, 4) is 0 Å². The molecule has 0 heterocycles. The number of nitrogens with one attached hydrogen (secondary N) is 1. The van der Waals surface area contributed by atoms with Gasteiger partial charge in [-0.25, -0.2) is 0 Å². The Kier molecular flexibility index (Phi) is 6.63. The first-order valence-electron chi connectivity index (χ1n) is 4.16. The predicted molar refractivity (Wildman–Crippen MR) is 50.8 cm³/mol. The molecule has 0 aliphatic heterocycles. The van der Waals surface area contributed by atoms with Crippen LogP contribution in [-0.2, 0) is 14.3 Å².